The minimum Gasteiger partial charge on any atom is -0.352 e. The number of halogens is 2. The van der Waals surface area contributed by atoms with Crippen LogP contribution in [0.2, 0.25) is 10.0 Å². The summed E-state index contributed by atoms with van der Waals surface area (Å²) in [4.78, 5) is 30.6. The molecule has 0 heterocycles. The predicted molar refractivity (Wildman–Crippen MR) is 193 cm³/mol. The quantitative estimate of drug-likeness (QED) is 0.162. The normalized spacial score (nSPS) is 14.2. The zero-order valence-corrected chi connectivity index (χ0v) is 29.6. The van der Waals surface area contributed by atoms with E-state index in [0.717, 1.165) is 47.5 Å². The Morgan fingerprint density at radius 2 is 1.48 bits per heavy atom. The van der Waals surface area contributed by atoms with Crippen molar-refractivity contribution in [2.75, 3.05) is 10.8 Å². The van der Waals surface area contributed by atoms with E-state index in [9.17, 15) is 18.0 Å². The molecule has 0 bridgehead atoms. The number of benzene rings is 4. The van der Waals surface area contributed by atoms with Gasteiger partial charge in [0.2, 0.25) is 11.8 Å². The third-order valence-corrected chi connectivity index (χ3v) is 11.3. The topological polar surface area (TPSA) is 86.8 Å². The molecule has 252 valence electrons. The van der Waals surface area contributed by atoms with Crippen molar-refractivity contribution >= 4 is 50.7 Å². The summed E-state index contributed by atoms with van der Waals surface area (Å²) in [6, 6.07) is 27.2. The van der Waals surface area contributed by atoms with Gasteiger partial charge in [0.25, 0.3) is 10.0 Å². The minimum absolute atomic E-state index is 0.0108. The van der Waals surface area contributed by atoms with E-state index in [0.29, 0.717) is 26.9 Å². The highest BCUT2D eigenvalue weighted by Gasteiger charge is 2.36. The SMILES string of the molecule is Cc1ccc(N(CC(=O)N(Cc2ccc(Cl)c(Cl)c2)[C@@H](Cc2ccccc2)C(=O)NC2CCCCC2)S(=O)(=O)c2ccccc2)c(C)c1. The molecule has 4 aromatic rings. The number of hydrogen-bond donors (Lipinski definition) is 1. The fourth-order valence-electron chi connectivity index (χ4n) is 6.25. The van der Waals surface area contributed by atoms with Crippen LogP contribution in [0.5, 0.6) is 0 Å². The molecule has 2 amide bonds. The maximum atomic E-state index is 14.7. The number of aryl methyl sites for hydroxylation is 2. The van der Waals surface area contributed by atoms with Crippen molar-refractivity contribution < 1.29 is 18.0 Å². The Morgan fingerprint density at radius 3 is 2.12 bits per heavy atom. The molecule has 1 N–H and O–H groups in total. The molecular formula is C38H41Cl2N3O4S. The van der Waals surface area contributed by atoms with Crippen LogP contribution in [0.1, 0.15) is 54.4 Å². The first kappa shape index (κ1) is 35.5. The standard InChI is InChI=1S/C38H41Cl2N3O4S/c1-27-18-21-35(28(2)22-27)43(48(46,47)32-16-10-5-11-17-32)26-37(44)42(25-30-19-20-33(39)34(40)23-30)36(24-29-12-6-3-7-13-29)38(45)41-31-14-8-4-9-15-31/h3,5-7,10-13,16-23,31,36H,4,8-9,14-15,24-26H2,1-2H3,(H,41,45)/t36-/m0/s1. The zero-order valence-electron chi connectivity index (χ0n) is 27.2. The summed E-state index contributed by atoms with van der Waals surface area (Å²) in [5, 5.41) is 3.91. The fourth-order valence-corrected chi connectivity index (χ4v) is 8.07. The third-order valence-electron chi connectivity index (χ3n) is 8.79. The lowest BCUT2D eigenvalue weighted by Crippen LogP contribution is -2.55. The summed E-state index contributed by atoms with van der Waals surface area (Å²) in [6.07, 6.45) is 5.18. The largest absolute Gasteiger partial charge is 0.352 e. The summed E-state index contributed by atoms with van der Waals surface area (Å²) in [5.41, 5.74) is 3.58. The van der Waals surface area contributed by atoms with Crippen LogP contribution in [-0.2, 0) is 32.6 Å². The van der Waals surface area contributed by atoms with E-state index in [4.69, 9.17) is 23.2 Å². The molecule has 1 aliphatic carbocycles. The van der Waals surface area contributed by atoms with E-state index >= 15 is 0 Å². The lowest BCUT2D eigenvalue weighted by molar-refractivity contribution is -0.140. The number of nitrogens with zero attached hydrogens (tertiary/aromatic N) is 2. The van der Waals surface area contributed by atoms with Crippen LogP contribution in [0.25, 0.3) is 0 Å². The van der Waals surface area contributed by atoms with Gasteiger partial charge < -0.3 is 10.2 Å². The summed E-state index contributed by atoms with van der Waals surface area (Å²) in [7, 11) is -4.18. The van der Waals surface area contributed by atoms with Crippen molar-refractivity contribution in [1.82, 2.24) is 10.2 Å². The number of nitrogens with one attached hydrogen (secondary N) is 1. The lowest BCUT2D eigenvalue weighted by atomic mass is 9.94. The van der Waals surface area contributed by atoms with E-state index < -0.39 is 28.5 Å². The Balaban J connectivity index is 1.59. The molecule has 10 heteroatoms. The van der Waals surface area contributed by atoms with Crippen molar-refractivity contribution in [3.8, 4) is 0 Å². The summed E-state index contributed by atoms with van der Waals surface area (Å²) >= 11 is 12.6. The van der Waals surface area contributed by atoms with Crippen molar-refractivity contribution in [3.05, 3.63) is 129 Å². The third kappa shape index (κ3) is 8.78. The average molecular weight is 707 g/mol. The molecule has 0 aromatic heterocycles. The molecule has 0 aliphatic heterocycles. The summed E-state index contributed by atoms with van der Waals surface area (Å²) in [5.74, 6) is -0.802. The van der Waals surface area contributed by atoms with Gasteiger partial charge >= 0.3 is 0 Å². The first-order valence-electron chi connectivity index (χ1n) is 16.3. The highest BCUT2D eigenvalue weighted by molar-refractivity contribution is 7.92. The van der Waals surface area contributed by atoms with Gasteiger partial charge in [0.15, 0.2) is 0 Å². The molecule has 7 nitrogen and oxygen atoms in total. The number of carbonyl (C=O) groups is 2. The molecule has 0 spiro atoms. The van der Waals surface area contributed by atoms with Crippen LogP contribution in [0.4, 0.5) is 5.69 Å². The second-order valence-electron chi connectivity index (χ2n) is 12.4. The Morgan fingerprint density at radius 1 is 0.812 bits per heavy atom. The maximum Gasteiger partial charge on any atom is 0.264 e. The Hall–Kier alpha value is -3.85. The van der Waals surface area contributed by atoms with Gasteiger partial charge in [0, 0.05) is 19.0 Å². The van der Waals surface area contributed by atoms with Crippen molar-refractivity contribution in [2.45, 2.75) is 75.9 Å². The lowest BCUT2D eigenvalue weighted by Gasteiger charge is -2.35. The molecule has 0 radical (unpaired) electrons. The monoisotopic (exact) mass is 705 g/mol. The zero-order chi connectivity index (χ0) is 34.3. The highest BCUT2D eigenvalue weighted by Crippen LogP contribution is 2.29. The summed E-state index contributed by atoms with van der Waals surface area (Å²) in [6.45, 7) is 3.24. The number of hydrogen-bond acceptors (Lipinski definition) is 4. The Labute approximate surface area is 293 Å². The number of rotatable bonds is 12. The Bertz CT molecular complexity index is 1830. The average Bonchev–Trinajstić information content (AvgIpc) is 3.08. The van der Waals surface area contributed by atoms with E-state index in [-0.39, 0.29) is 29.8 Å². The van der Waals surface area contributed by atoms with Crippen LogP contribution >= 0.6 is 23.2 Å². The first-order chi connectivity index (χ1) is 23.0. The molecule has 1 atom stereocenters. The van der Waals surface area contributed by atoms with Gasteiger partial charge in [-0.15, -0.1) is 0 Å². The van der Waals surface area contributed by atoms with Gasteiger partial charge in [-0.2, -0.15) is 0 Å². The van der Waals surface area contributed by atoms with Crippen LogP contribution in [0, 0.1) is 13.8 Å². The number of carbonyl (C=O) groups excluding carboxylic acids is 2. The fraction of sp³-hybridized carbons (Fsp3) is 0.316. The Kier molecular flexibility index (Phi) is 11.8. The van der Waals surface area contributed by atoms with Gasteiger partial charge in [0.1, 0.15) is 12.6 Å². The van der Waals surface area contributed by atoms with Gasteiger partial charge in [-0.3, -0.25) is 13.9 Å². The van der Waals surface area contributed by atoms with E-state index in [1.807, 2.05) is 56.3 Å². The molecule has 5 rings (SSSR count). The van der Waals surface area contributed by atoms with Crippen LogP contribution < -0.4 is 9.62 Å². The van der Waals surface area contributed by atoms with E-state index in [1.54, 1.807) is 42.5 Å². The summed E-state index contributed by atoms with van der Waals surface area (Å²) < 4.78 is 29.7. The van der Waals surface area contributed by atoms with Crippen LogP contribution in [0.3, 0.4) is 0 Å². The second-order valence-corrected chi connectivity index (χ2v) is 15.1. The molecule has 1 saturated carbocycles. The van der Waals surface area contributed by atoms with E-state index in [1.165, 1.54) is 17.0 Å². The maximum absolute atomic E-state index is 14.7. The van der Waals surface area contributed by atoms with Crippen molar-refractivity contribution in [2.24, 2.45) is 0 Å². The molecular weight excluding hydrogens is 665 g/mol. The predicted octanol–water partition coefficient (Wildman–Crippen LogP) is 7.89. The molecule has 48 heavy (non-hydrogen) atoms. The number of amides is 2. The van der Waals surface area contributed by atoms with E-state index in [2.05, 4.69) is 5.32 Å². The second kappa shape index (κ2) is 16.0. The molecule has 1 aliphatic rings. The van der Waals surface area contributed by atoms with Crippen LogP contribution in [0.15, 0.2) is 102 Å². The van der Waals surface area contributed by atoms with Crippen LogP contribution in [-0.4, -0.2) is 43.8 Å². The number of anilines is 1. The van der Waals surface area contributed by atoms with Gasteiger partial charge in [-0.05, 0) is 73.7 Å². The van der Waals surface area contributed by atoms with Gasteiger partial charge in [0.05, 0.1) is 20.6 Å². The molecule has 0 unspecified atom stereocenters. The molecule has 1 fully saturated rings. The minimum atomic E-state index is -4.18. The number of sulfonamides is 1. The molecule has 0 saturated heterocycles. The van der Waals surface area contributed by atoms with Crippen molar-refractivity contribution in [3.63, 3.8) is 0 Å². The van der Waals surface area contributed by atoms with Gasteiger partial charge in [-0.1, -0.05) is 115 Å². The van der Waals surface area contributed by atoms with Crippen molar-refractivity contribution in [1.29, 1.82) is 0 Å². The molecule has 4 aromatic carbocycles. The highest BCUT2D eigenvalue weighted by atomic mass is 35.5. The first-order valence-corrected chi connectivity index (χ1v) is 18.5. The van der Waals surface area contributed by atoms with Gasteiger partial charge in [-0.25, -0.2) is 8.42 Å². The smallest absolute Gasteiger partial charge is 0.264 e.